The molecule has 1 aromatic heterocycles. The molecule has 1 aromatic rings. The Morgan fingerprint density at radius 2 is 2.31 bits per heavy atom. The monoisotopic (exact) mass is 174 g/mol. The lowest BCUT2D eigenvalue weighted by atomic mass is 10.0. The molecule has 2 radical (unpaired) electrons. The van der Waals surface area contributed by atoms with Gasteiger partial charge in [-0.15, -0.1) is 0 Å². The van der Waals surface area contributed by atoms with Crippen molar-refractivity contribution in [2.75, 3.05) is 0 Å². The number of nitrogens with one attached hydrogen (secondary N) is 1. The summed E-state index contributed by atoms with van der Waals surface area (Å²) in [5, 5.41) is 2.73. The average molecular weight is 174 g/mol. The van der Waals surface area contributed by atoms with E-state index in [9.17, 15) is 4.79 Å². The highest BCUT2D eigenvalue weighted by Crippen LogP contribution is 2.05. The van der Waals surface area contributed by atoms with Gasteiger partial charge in [-0.05, 0) is 18.6 Å². The first kappa shape index (κ1) is 9.77. The number of aromatic nitrogens is 1. The van der Waals surface area contributed by atoms with E-state index in [1.807, 2.05) is 19.1 Å². The van der Waals surface area contributed by atoms with Crippen LogP contribution in [0.3, 0.4) is 0 Å². The summed E-state index contributed by atoms with van der Waals surface area (Å²) in [5.41, 5.74) is 1.24. The van der Waals surface area contributed by atoms with Gasteiger partial charge in [-0.25, -0.2) is 0 Å². The molecule has 1 N–H and O–H groups in total. The van der Waals surface area contributed by atoms with E-state index in [-0.39, 0.29) is 11.9 Å². The third kappa shape index (κ3) is 2.90. The summed E-state index contributed by atoms with van der Waals surface area (Å²) < 4.78 is 0. The van der Waals surface area contributed by atoms with Gasteiger partial charge in [0.05, 0.1) is 11.7 Å². The van der Waals surface area contributed by atoms with Crippen molar-refractivity contribution in [2.45, 2.75) is 19.9 Å². The quantitative estimate of drug-likeness (QED) is 0.644. The molecule has 0 spiro atoms. The normalized spacial score (nSPS) is 12.2. The largest absolute Gasteiger partial charge is 0.348 e. The van der Waals surface area contributed by atoms with E-state index >= 15 is 0 Å². The van der Waals surface area contributed by atoms with Crippen molar-refractivity contribution >= 4 is 19.3 Å². The Labute approximate surface area is 79.0 Å². The fourth-order valence-electron chi connectivity index (χ4n) is 1.09. The van der Waals surface area contributed by atoms with E-state index in [0.717, 1.165) is 5.69 Å². The molecule has 0 aromatic carbocycles. The number of hydrogen-bond acceptors (Lipinski definition) is 2. The molecule has 0 aliphatic heterocycles. The first-order valence-electron chi connectivity index (χ1n) is 4.09. The second kappa shape index (κ2) is 4.07. The second-order valence-corrected chi connectivity index (χ2v) is 2.91. The second-order valence-electron chi connectivity index (χ2n) is 2.91. The Bertz CT molecular complexity index is 314. The maximum atomic E-state index is 10.7. The predicted octanol–water partition coefficient (Wildman–Crippen LogP) is 0.0725. The van der Waals surface area contributed by atoms with Crippen LogP contribution in [0.5, 0.6) is 0 Å². The van der Waals surface area contributed by atoms with Crippen molar-refractivity contribution in [2.24, 2.45) is 0 Å². The van der Waals surface area contributed by atoms with E-state index < -0.39 is 0 Å². The van der Waals surface area contributed by atoms with Gasteiger partial charge in [0.2, 0.25) is 5.91 Å². The maximum Gasteiger partial charge on any atom is 0.217 e. The summed E-state index contributed by atoms with van der Waals surface area (Å²) in [4.78, 5) is 14.8. The van der Waals surface area contributed by atoms with Crippen molar-refractivity contribution < 1.29 is 4.79 Å². The fraction of sp³-hybridized carbons (Fsp3) is 0.333. The van der Waals surface area contributed by atoms with Gasteiger partial charge < -0.3 is 5.32 Å². The number of amides is 1. The average Bonchev–Trinajstić information content (AvgIpc) is 2.03. The van der Waals surface area contributed by atoms with E-state index in [2.05, 4.69) is 10.3 Å². The van der Waals surface area contributed by atoms with Crippen molar-refractivity contribution in [3.63, 3.8) is 0 Å². The van der Waals surface area contributed by atoms with Crippen LogP contribution >= 0.6 is 0 Å². The van der Waals surface area contributed by atoms with Crippen LogP contribution in [-0.2, 0) is 4.79 Å². The molecular formula is C9H11BN2O. The van der Waals surface area contributed by atoms with Crippen LogP contribution in [0.15, 0.2) is 18.2 Å². The zero-order valence-electron chi connectivity index (χ0n) is 7.74. The van der Waals surface area contributed by atoms with Crippen molar-refractivity contribution in [1.82, 2.24) is 10.3 Å². The molecule has 0 aliphatic carbocycles. The molecule has 1 atom stereocenters. The highest BCUT2D eigenvalue weighted by molar-refractivity contribution is 6.30. The highest BCUT2D eigenvalue weighted by atomic mass is 16.1. The Morgan fingerprint density at radius 3 is 2.85 bits per heavy atom. The Balaban J connectivity index is 2.76. The number of nitrogens with zero attached hydrogens (tertiary/aromatic N) is 1. The maximum absolute atomic E-state index is 10.7. The molecule has 1 rings (SSSR count). The molecule has 13 heavy (non-hydrogen) atoms. The van der Waals surface area contributed by atoms with Crippen LogP contribution in [0.4, 0.5) is 0 Å². The SMILES string of the molecule is [B]c1cccc(C(C)NC(C)=O)n1. The first-order chi connectivity index (χ1) is 6.09. The summed E-state index contributed by atoms with van der Waals surface area (Å²) in [6.45, 7) is 3.34. The molecule has 0 aliphatic rings. The van der Waals surface area contributed by atoms with E-state index in [1.165, 1.54) is 6.92 Å². The minimum Gasteiger partial charge on any atom is -0.348 e. The Hall–Kier alpha value is -1.32. The zero-order chi connectivity index (χ0) is 9.84. The van der Waals surface area contributed by atoms with Gasteiger partial charge in [0, 0.05) is 6.92 Å². The molecule has 4 heteroatoms. The molecule has 0 saturated carbocycles. The van der Waals surface area contributed by atoms with E-state index in [0.29, 0.717) is 5.59 Å². The molecule has 66 valence electrons. The molecule has 3 nitrogen and oxygen atoms in total. The summed E-state index contributed by atoms with van der Waals surface area (Å²) in [6, 6.07) is 5.26. The minimum atomic E-state index is -0.0963. The third-order valence-electron chi connectivity index (χ3n) is 1.66. The third-order valence-corrected chi connectivity index (χ3v) is 1.66. The number of carbonyl (C=O) groups excluding carboxylic acids is 1. The smallest absolute Gasteiger partial charge is 0.217 e. The Kier molecular flexibility index (Phi) is 3.06. The fourth-order valence-corrected chi connectivity index (χ4v) is 1.09. The lowest BCUT2D eigenvalue weighted by Crippen LogP contribution is -2.25. The summed E-state index contributed by atoms with van der Waals surface area (Å²) in [7, 11) is 5.50. The number of hydrogen-bond donors (Lipinski definition) is 1. The summed E-state index contributed by atoms with van der Waals surface area (Å²) in [5.74, 6) is -0.0725. The molecule has 1 amide bonds. The van der Waals surface area contributed by atoms with E-state index in [4.69, 9.17) is 7.85 Å². The van der Waals surface area contributed by atoms with Crippen LogP contribution in [-0.4, -0.2) is 18.7 Å². The van der Waals surface area contributed by atoms with Gasteiger partial charge in [-0.1, -0.05) is 12.1 Å². The van der Waals surface area contributed by atoms with Crippen LogP contribution in [0.25, 0.3) is 0 Å². The number of rotatable bonds is 2. The van der Waals surface area contributed by atoms with Gasteiger partial charge in [0.25, 0.3) is 0 Å². The van der Waals surface area contributed by atoms with Gasteiger partial charge in [-0.2, -0.15) is 0 Å². The van der Waals surface area contributed by atoms with Gasteiger partial charge >= 0.3 is 0 Å². The lowest BCUT2D eigenvalue weighted by Gasteiger charge is -2.11. The van der Waals surface area contributed by atoms with Crippen LogP contribution in [0.1, 0.15) is 25.6 Å². The van der Waals surface area contributed by atoms with Crippen molar-refractivity contribution in [3.05, 3.63) is 23.9 Å². The van der Waals surface area contributed by atoms with E-state index in [1.54, 1.807) is 6.07 Å². The summed E-state index contributed by atoms with van der Waals surface area (Å²) >= 11 is 0. The summed E-state index contributed by atoms with van der Waals surface area (Å²) in [6.07, 6.45) is 0. The molecule has 1 heterocycles. The van der Waals surface area contributed by atoms with Gasteiger partial charge in [0.1, 0.15) is 7.85 Å². The van der Waals surface area contributed by atoms with Crippen LogP contribution < -0.4 is 10.9 Å². The number of carbonyl (C=O) groups is 1. The molecule has 0 saturated heterocycles. The lowest BCUT2D eigenvalue weighted by molar-refractivity contribution is -0.119. The van der Waals surface area contributed by atoms with Crippen LogP contribution in [0, 0.1) is 0 Å². The molecular weight excluding hydrogens is 163 g/mol. The molecule has 0 bridgehead atoms. The Morgan fingerprint density at radius 1 is 1.62 bits per heavy atom. The molecule has 1 unspecified atom stereocenters. The predicted molar refractivity (Wildman–Crippen MR) is 51.9 cm³/mol. The zero-order valence-corrected chi connectivity index (χ0v) is 7.74. The number of pyridine rings is 1. The van der Waals surface area contributed by atoms with Crippen molar-refractivity contribution in [3.8, 4) is 0 Å². The van der Waals surface area contributed by atoms with Crippen molar-refractivity contribution in [1.29, 1.82) is 0 Å². The first-order valence-corrected chi connectivity index (χ1v) is 4.09. The molecule has 0 fully saturated rings. The van der Waals surface area contributed by atoms with Crippen LogP contribution in [0.2, 0.25) is 0 Å². The standard InChI is InChI=1S/C9H11BN2O/c1-6(11-7(2)13)8-4-3-5-9(10)12-8/h3-6H,1-2H3,(H,11,13). The minimum absolute atomic E-state index is 0.0725. The van der Waals surface area contributed by atoms with Gasteiger partial charge in [-0.3, -0.25) is 9.78 Å². The highest BCUT2D eigenvalue weighted by Gasteiger charge is 2.06. The van der Waals surface area contributed by atoms with Gasteiger partial charge in [0.15, 0.2) is 0 Å². The topological polar surface area (TPSA) is 42.0 Å².